The van der Waals surface area contributed by atoms with Crippen molar-refractivity contribution in [1.29, 1.82) is 0 Å². The van der Waals surface area contributed by atoms with Gasteiger partial charge < -0.3 is 5.32 Å². The summed E-state index contributed by atoms with van der Waals surface area (Å²) in [5, 5.41) is 2.28. The Bertz CT molecular complexity index is 518. The van der Waals surface area contributed by atoms with Gasteiger partial charge in [-0.2, -0.15) is 0 Å². The Morgan fingerprint density at radius 1 is 1.32 bits per heavy atom. The van der Waals surface area contributed by atoms with E-state index in [4.69, 9.17) is 0 Å². The molecular weight excluding hydrogens is 270 g/mol. The van der Waals surface area contributed by atoms with E-state index in [2.05, 4.69) is 69.4 Å². The van der Waals surface area contributed by atoms with Crippen LogP contribution < -0.4 is 5.32 Å². The van der Waals surface area contributed by atoms with Gasteiger partial charge in [0.15, 0.2) is 0 Å². The maximum atomic E-state index is 12.8. The van der Waals surface area contributed by atoms with Crippen LogP contribution in [0.25, 0.3) is 0 Å². The van der Waals surface area contributed by atoms with E-state index in [1.165, 1.54) is 5.56 Å². The molecule has 1 aromatic rings. The van der Waals surface area contributed by atoms with Crippen molar-refractivity contribution in [3.63, 3.8) is 0 Å². The lowest BCUT2D eigenvalue weighted by atomic mass is 9.65. The summed E-state index contributed by atoms with van der Waals surface area (Å²) in [6, 6.07) is 10.8. The molecule has 3 atom stereocenters. The number of carbonyl (C=O) groups excluding carboxylic acids is 1. The van der Waals surface area contributed by atoms with E-state index in [9.17, 15) is 4.79 Å². The molecule has 0 saturated carbocycles. The smallest absolute Gasteiger partial charge is 0.142 e. The highest BCUT2D eigenvalue weighted by molar-refractivity contribution is 5.82. The second-order valence-corrected chi connectivity index (χ2v) is 7.53. The fraction of sp³-hybridized carbons (Fsp3) is 0.550. The molecule has 2 nitrogen and oxygen atoms in total. The Morgan fingerprint density at radius 2 is 2.00 bits per heavy atom. The van der Waals surface area contributed by atoms with Gasteiger partial charge >= 0.3 is 0 Å². The molecule has 0 saturated heterocycles. The molecule has 0 unspecified atom stereocenters. The minimum Gasteiger partial charge on any atom is -0.340 e. The predicted molar refractivity (Wildman–Crippen MR) is 91.3 cm³/mol. The van der Waals surface area contributed by atoms with Gasteiger partial charge in [0, 0.05) is 11.5 Å². The zero-order valence-corrected chi connectivity index (χ0v) is 14.4. The lowest BCUT2D eigenvalue weighted by molar-refractivity contribution is -0.700. The number of carbonyl (C=O) groups is 1. The molecule has 2 N–H and O–H groups in total. The Morgan fingerprint density at radius 3 is 2.64 bits per heavy atom. The molecule has 0 aromatic heterocycles. The molecule has 2 heteroatoms. The van der Waals surface area contributed by atoms with Crippen LogP contribution in [-0.4, -0.2) is 11.8 Å². The highest BCUT2D eigenvalue weighted by atomic mass is 16.1. The average molecular weight is 300 g/mol. The third-order valence-electron chi connectivity index (χ3n) is 4.92. The highest BCUT2D eigenvalue weighted by Gasteiger charge is 2.39. The quantitative estimate of drug-likeness (QED) is 0.803. The first-order chi connectivity index (χ1) is 10.4. The largest absolute Gasteiger partial charge is 0.340 e. The number of hydrogen-bond donors (Lipinski definition) is 1. The number of Topliss-reactive ketones (excluding diaryl/α,β-unsaturated/α-hetero) is 1. The molecular formula is C20H30NO+. The van der Waals surface area contributed by atoms with Gasteiger partial charge in [0.25, 0.3) is 0 Å². The van der Waals surface area contributed by atoms with Crippen molar-refractivity contribution in [2.75, 3.05) is 0 Å². The number of rotatable bonds is 6. The van der Waals surface area contributed by atoms with E-state index in [-0.39, 0.29) is 11.3 Å². The number of benzene rings is 1. The molecule has 1 aromatic carbocycles. The van der Waals surface area contributed by atoms with Crippen LogP contribution >= 0.6 is 0 Å². The lowest BCUT2D eigenvalue weighted by Gasteiger charge is -2.39. The SMILES string of the molecule is C[C@H](CC(=O)[C@@H]1[C@@H](C)C=CCC1(C)C)[NH2+]Cc1ccccc1. The zero-order valence-electron chi connectivity index (χ0n) is 14.4. The first-order valence-electron chi connectivity index (χ1n) is 8.47. The van der Waals surface area contributed by atoms with Gasteiger partial charge in [0.2, 0.25) is 0 Å². The summed E-state index contributed by atoms with van der Waals surface area (Å²) in [7, 11) is 0. The number of hydrogen-bond acceptors (Lipinski definition) is 1. The van der Waals surface area contributed by atoms with Crippen LogP contribution in [0.15, 0.2) is 42.5 Å². The van der Waals surface area contributed by atoms with Crippen molar-refractivity contribution >= 4 is 5.78 Å². The van der Waals surface area contributed by atoms with Crippen molar-refractivity contribution in [1.82, 2.24) is 0 Å². The lowest BCUT2D eigenvalue weighted by Crippen LogP contribution is -2.88. The predicted octanol–water partition coefficient (Wildman–Crippen LogP) is 3.34. The molecule has 0 bridgehead atoms. The van der Waals surface area contributed by atoms with Crippen molar-refractivity contribution in [3.8, 4) is 0 Å². The van der Waals surface area contributed by atoms with Gasteiger partial charge in [0.1, 0.15) is 12.3 Å². The Balaban J connectivity index is 1.89. The Labute approximate surface area is 135 Å². The summed E-state index contributed by atoms with van der Waals surface area (Å²) in [5.74, 6) is 0.946. The number of nitrogens with two attached hydrogens (primary N) is 1. The molecule has 0 heterocycles. The fourth-order valence-corrected chi connectivity index (χ4v) is 3.74. The monoisotopic (exact) mass is 300 g/mol. The highest BCUT2D eigenvalue weighted by Crippen LogP contribution is 2.41. The topological polar surface area (TPSA) is 33.7 Å². The minimum atomic E-state index is 0.0877. The van der Waals surface area contributed by atoms with E-state index in [1.807, 2.05) is 6.07 Å². The Hall–Kier alpha value is -1.41. The van der Waals surface area contributed by atoms with Crippen LogP contribution in [0.1, 0.15) is 46.1 Å². The van der Waals surface area contributed by atoms with E-state index >= 15 is 0 Å². The summed E-state index contributed by atoms with van der Waals surface area (Å²) in [4.78, 5) is 12.8. The standard InChI is InChI=1S/C20H29NO/c1-15-9-8-12-20(3,4)19(15)18(22)13-16(2)21-14-17-10-6-5-7-11-17/h5-11,15-16,19,21H,12-14H2,1-4H3/p+1/t15-,16+,19-/m0/s1. The van der Waals surface area contributed by atoms with Gasteiger partial charge in [-0.1, -0.05) is 63.3 Å². The third-order valence-corrected chi connectivity index (χ3v) is 4.92. The fourth-order valence-electron chi connectivity index (χ4n) is 3.74. The van der Waals surface area contributed by atoms with Gasteiger partial charge in [-0.25, -0.2) is 0 Å². The molecule has 0 radical (unpaired) electrons. The Kier molecular flexibility index (Phi) is 5.57. The number of ketones is 1. The van der Waals surface area contributed by atoms with E-state index in [0.717, 1.165) is 13.0 Å². The number of quaternary nitrogens is 1. The molecule has 1 aliphatic carbocycles. The van der Waals surface area contributed by atoms with Crippen LogP contribution in [-0.2, 0) is 11.3 Å². The van der Waals surface area contributed by atoms with Crippen LogP contribution in [0.2, 0.25) is 0 Å². The van der Waals surface area contributed by atoms with Gasteiger partial charge in [-0.3, -0.25) is 4.79 Å². The molecule has 0 aliphatic heterocycles. The third kappa shape index (κ3) is 4.30. The van der Waals surface area contributed by atoms with Gasteiger partial charge in [-0.05, 0) is 24.7 Å². The second-order valence-electron chi connectivity index (χ2n) is 7.53. The van der Waals surface area contributed by atoms with E-state index < -0.39 is 0 Å². The summed E-state index contributed by atoms with van der Waals surface area (Å²) in [5.41, 5.74) is 1.40. The van der Waals surface area contributed by atoms with Gasteiger partial charge in [0.05, 0.1) is 12.5 Å². The maximum Gasteiger partial charge on any atom is 0.142 e. The van der Waals surface area contributed by atoms with Crippen LogP contribution in [0.4, 0.5) is 0 Å². The van der Waals surface area contributed by atoms with Crippen LogP contribution in [0.5, 0.6) is 0 Å². The summed E-state index contributed by atoms with van der Waals surface area (Å²) in [6.07, 6.45) is 6.13. The first kappa shape index (κ1) is 17.0. The normalized spacial score (nSPS) is 24.9. The zero-order chi connectivity index (χ0) is 16.2. The van der Waals surface area contributed by atoms with Crippen molar-refractivity contribution in [3.05, 3.63) is 48.0 Å². The summed E-state index contributed by atoms with van der Waals surface area (Å²) < 4.78 is 0. The molecule has 120 valence electrons. The maximum absolute atomic E-state index is 12.8. The second kappa shape index (κ2) is 7.23. The molecule has 2 rings (SSSR count). The first-order valence-corrected chi connectivity index (χ1v) is 8.47. The van der Waals surface area contributed by atoms with E-state index in [0.29, 0.717) is 24.2 Å². The van der Waals surface area contributed by atoms with Crippen molar-refractivity contribution < 1.29 is 10.1 Å². The average Bonchev–Trinajstić information content (AvgIpc) is 2.45. The van der Waals surface area contributed by atoms with Crippen molar-refractivity contribution in [2.45, 2.75) is 53.1 Å². The number of allylic oxidation sites excluding steroid dienone is 2. The molecule has 0 amide bonds. The van der Waals surface area contributed by atoms with Crippen LogP contribution in [0.3, 0.4) is 0 Å². The molecule has 22 heavy (non-hydrogen) atoms. The molecule has 1 aliphatic rings. The van der Waals surface area contributed by atoms with E-state index in [1.54, 1.807) is 0 Å². The van der Waals surface area contributed by atoms with Gasteiger partial charge in [-0.15, -0.1) is 0 Å². The molecule has 0 fully saturated rings. The van der Waals surface area contributed by atoms with Crippen molar-refractivity contribution in [2.24, 2.45) is 17.3 Å². The minimum absolute atomic E-state index is 0.0877. The molecule has 0 spiro atoms. The summed E-state index contributed by atoms with van der Waals surface area (Å²) >= 11 is 0. The van der Waals surface area contributed by atoms with Crippen LogP contribution in [0, 0.1) is 17.3 Å². The summed E-state index contributed by atoms with van der Waals surface area (Å²) in [6.45, 7) is 9.75.